The largest absolute Gasteiger partial charge is 0.296 e. The molecule has 1 N–H and O–H groups in total. The van der Waals surface area contributed by atoms with E-state index in [0.717, 1.165) is 18.7 Å². The van der Waals surface area contributed by atoms with Crippen molar-refractivity contribution in [2.75, 3.05) is 6.67 Å². The number of nitrogens with zero attached hydrogens (tertiary/aromatic N) is 2. The van der Waals surface area contributed by atoms with Gasteiger partial charge in [-0.1, -0.05) is 109 Å². The summed E-state index contributed by atoms with van der Waals surface area (Å²) in [6.45, 7) is 2.37. The van der Waals surface area contributed by atoms with E-state index in [2.05, 4.69) is 131 Å². The van der Waals surface area contributed by atoms with Crippen molar-refractivity contribution in [2.24, 2.45) is 5.10 Å². The summed E-state index contributed by atoms with van der Waals surface area (Å²) in [5.41, 5.74) is 7.03. The number of nitrogens with one attached hydrogen (secondary N) is 1. The van der Waals surface area contributed by atoms with Gasteiger partial charge in [-0.05, 0) is 38.7 Å². The van der Waals surface area contributed by atoms with Crippen molar-refractivity contribution in [3.8, 4) is 0 Å². The lowest BCUT2D eigenvalue weighted by Gasteiger charge is -2.22. The maximum absolute atomic E-state index is 4.65. The van der Waals surface area contributed by atoms with Crippen LogP contribution in [-0.4, -0.2) is 17.8 Å². The first kappa shape index (κ1) is 20.9. The highest BCUT2D eigenvalue weighted by Gasteiger charge is 2.08. The minimum atomic E-state index is 0.656. The van der Waals surface area contributed by atoms with Crippen LogP contribution in [0.2, 0.25) is 0 Å². The van der Waals surface area contributed by atoms with E-state index in [1.807, 2.05) is 6.21 Å². The van der Waals surface area contributed by atoms with E-state index in [1.165, 1.54) is 32.7 Å². The average Bonchev–Trinajstić information content (AvgIpc) is 2.87. The molecule has 0 unspecified atom stereocenters. The second-order valence-corrected chi connectivity index (χ2v) is 8.27. The number of benzene rings is 5. The van der Waals surface area contributed by atoms with Crippen LogP contribution in [-0.2, 0) is 13.1 Å². The van der Waals surface area contributed by atoms with Gasteiger partial charge in [0.25, 0.3) is 0 Å². The van der Waals surface area contributed by atoms with E-state index in [9.17, 15) is 0 Å². The maximum atomic E-state index is 4.65. The summed E-state index contributed by atoms with van der Waals surface area (Å²) in [5.74, 6) is 0. The molecule has 5 rings (SSSR count). The first-order chi connectivity index (χ1) is 16.4. The molecular weight excluding hydrogens is 402 g/mol. The molecule has 0 aliphatic heterocycles. The van der Waals surface area contributed by atoms with Crippen molar-refractivity contribution < 1.29 is 0 Å². The van der Waals surface area contributed by atoms with Crippen LogP contribution in [0.3, 0.4) is 0 Å². The van der Waals surface area contributed by atoms with Crippen LogP contribution >= 0.6 is 0 Å². The van der Waals surface area contributed by atoms with Gasteiger partial charge in [0.15, 0.2) is 0 Å². The van der Waals surface area contributed by atoms with Crippen LogP contribution in [0.15, 0.2) is 120 Å². The van der Waals surface area contributed by atoms with Crippen LogP contribution in [0.4, 0.5) is 0 Å². The summed E-state index contributed by atoms with van der Waals surface area (Å²) in [5, 5.41) is 9.54. The van der Waals surface area contributed by atoms with Gasteiger partial charge in [-0.2, -0.15) is 5.10 Å². The third-order valence-corrected chi connectivity index (χ3v) is 5.89. The molecular formula is C30H27N3. The standard InChI is InChI=1S/C30H27N3/c1-3-11-24(12-4-1)21-33(22-25-13-5-2-6-14-25)23-32-31-20-30-28-17-9-7-15-26(28)19-27-16-8-10-18-29(27)30/h1-20,32H,21-23H2/b31-20+. The van der Waals surface area contributed by atoms with E-state index in [-0.39, 0.29) is 0 Å². The highest BCUT2D eigenvalue weighted by molar-refractivity contribution is 6.13. The van der Waals surface area contributed by atoms with Gasteiger partial charge in [0, 0.05) is 18.7 Å². The molecule has 0 fully saturated rings. The average molecular weight is 430 g/mol. The van der Waals surface area contributed by atoms with Gasteiger partial charge in [-0.3, -0.25) is 10.3 Å². The maximum Gasteiger partial charge on any atom is 0.0854 e. The summed E-state index contributed by atoms with van der Waals surface area (Å²) in [6.07, 6.45) is 1.97. The highest BCUT2D eigenvalue weighted by atomic mass is 15.4. The molecule has 5 aromatic rings. The molecule has 0 aliphatic carbocycles. The minimum Gasteiger partial charge on any atom is -0.296 e. The van der Waals surface area contributed by atoms with E-state index >= 15 is 0 Å². The molecule has 0 spiro atoms. The quantitative estimate of drug-likeness (QED) is 0.131. The molecule has 3 nitrogen and oxygen atoms in total. The van der Waals surface area contributed by atoms with Gasteiger partial charge in [0.2, 0.25) is 0 Å². The Bertz CT molecular complexity index is 1270. The molecule has 0 amide bonds. The Balaban J connectivity index is 1.36. The van der Waals surface area contributed by atoms with E-state index < -0.39 is 0 Å². The fourth-order valence-electron chi connectivity index (χ4n) is 4.29. The Kier molecular flexibility index (Phi) is 6.41. The van der Waals surface area contributed by atoms with Crippen molar-refractivity contribution in [1.29, 1.82) is 0 Å². The zero-order valence-corrected chi connectivity index (χ0v) is 18.6. The summed E-state index contributed by atoms with van der Waals surface area (Å²) in [7, 11) is 0. The summed E-state index contributed by atoms with van der Waals surface area (Å²) >= 11 is 0. The second-order valence-electron chi connectivity index (χ2n) is 8.27. The minimum absolute atomic E-state index is 0.656. The van der Waals surface area contributed by atoms with Crippen LogP contribution in [0.25, 0.3) is 21.5 Å². The molecule has 5 aromatic carbocycles. The molecule has 0 heterocycles. The predicted molar refractivity (Wildman–Crippen MR) is 139 cm³/mol. The van der Waals surface area contributed by atoms with Crippen LogP contribution in [0.5, 0.6) is 0 Å². The lowest BCUT2D eigenvalue weighted by Crippen LogP contribution is -2.31. The predicted octanol–water partition coefficient (Wildman–Crippen LogP) is 6.58. The molecule has 162 valence electrons. The summed E-state index contributed by atoms with van der Waals surface area (Å²) in [4.78, 5) is 2.36. The lowest BCUT2D eigenvalue weighted by molar-refractivity contribution is 0.238. The van der Waals surface area contributed by atoms with Gasteiger partial charge >= 0.3 is 0 Å². The smallest absolute Gasteiger partial charge is 0.0854 e. The molecule has 3 heteroatoms. The normalized spacial score (nSPS) is 11.5. The number of hydrazone groups is 1. The summed E-state index contributed by atoms with van der Waals surface area (Å²) < 4.78 is 0. The highest BCUT2D eigenvalue weighted by Crippen LogP contribution is 2.27. The van der Waals surface area contributed by atoms with Crippen molar-refractivity contribution in [1.82, 2.24) is 10.3 Å². The lowest BCUT2D eigenvalue weighted by atomic mass is 9.97. The van der Waals surface area contributed by atoms with E-state index in [0.29, 0.717) is 6.67 Å². The Morgan fingerprint density at radius 3 is 1.64 bits per heavy atom. The third kappa shape index (κ3) is 5.11. The second kappa shape index (κ2) is 10.1. The van der Waals surface area contributed by atoms with E-state index in [1.54, 1.807) is 0 Å². The molecule has 0 bridgehead atoms. The topological polar surface area (TPSA) is 27.6 Å². The Morgan fingerprint density at radius 2 is 1.09 bits per heavy atom. The molecule has 0 saturated carbocycles. The first-order valence-corrected chi connectivity index (χ1v) is 11.3. The first-order valence-electron chi connectivity index (χ1n) is 11.3. The van der Waals surface area contributed by atoms with Gasteiger partial charge in [0.05, 0.1) is 12.9 Å². The Morgan fingerprint density at radius 1 is 0.606 bits per heavy atom. The van der Waals surface area contributed by atoms with Crippen molar-refractivity contribution in [3.05, 3.63) is 132 Å². The van der Waals surface area contributed by atoms with Gasteiger partial charge in [0.1, 0.15) is 0 Å². The van der Waals surface area contributed by atoms with E-state index in [4.69, 9.17) is 0 Å². The number of hydrogen-bond donors (Lipinski definition) is 1. The summed E-state index contributed by atoms with van der Waals surface area (Å²) in [6, 6.07) is 40.4. The number of hydrogen-bond acceptors (Lipinski definition) is 3. The number of rotatable bonds is 8. The fourth-order valence-corrected chi connectivity index (χ4v) is 4.29. The van der Waals surface area contributed by atoms with Crippen LogP contribution in [0, 0.1) is 0 Å². The Labute approximate surface area is 195 Å². The molecule has 0 saturated heterocycles. The zero-order valence-electron chi connectivity index (χ0n) is 18.6. The molecule has 0 atom stereocenters. The SMILES string of the molecule is C(=N\NCN(Cc1ccccc1)Cc1ccccc1)/c1c2ccccc2cc2ccccc12. The molecule has 0 aromatic heterocycles. The van der Waals surface area contributed by atoms with Gasteiger partial charge in [-0.25, -0.2) is 0 Å². The van der Waals surface area contributed by atoms with Gasteiger partial charge < -0.3 is 0 Å². The van der Waals surface area contributed by atoms with Crippen LogP contribution in [0.1, 0.15) is 16.7 Å². The fraction of sp³-hybridized carbons (Fsp3) is 0.100. The monoisotopic (exact) mass is 429 g/mol. The number of fused-ring (bicyclic) bond motifs is 2. The van der Waals surface area contributed by atoms with Crippen molar-refractivity contribution in [3.63, 3.8) is 0 Å². The van der Waals surface area contributed by atoms with Crippen LogP contribution < -0.4 is 5.43 Å². The van der Waals surface area contributed by atoms with Crippen molar-refractivity contribution in [2.45, 2.75) is 13.1 Å². The molecule has 33 heavy (non-hydrogen) atoms. The van der Waals surface area contributed by atoms with Gasteiger partial charge in [-0.15, -0.1) is 0 Å². The Hall–Kier alpha value is -3.95. The molecule has 0 aliphatic rings. The third-order valence-electron chi connectivity index (χ3n) is 5.89. The zero-order chi connectivity index (χ0) is 22.3. The molecule has 0 radical (unpaired) electrons. The van der Waals surface area contributed by atoms with Crippen molar-refractivity contribution >= 4 is 27.8 Å².